The number of thiocarbonyl (C=S) groups is 1. The first-order valence-corrected chi connectivity index (χ1v) is 9.55. The van der Waals surface area contributed by atoms with Gasteiger partial charge in [-0.25, -0.2) is 0 Å². The summed E-state index contributed by atoms with van der Waals surface area (Å²) in [5, 5.41) is 3.99. The number of ether oxygens (including phenoxy) is 2. The highest BCUT2D eigenvalue weighted by molar-refractivity contribution is 7.80. The van der Waals surface area contributed by atoms with Gasteiger partial charge in [0, 0.05) is 12.6 Å². The molecule has 0 bridgehead atoms. The van der Waals surface area contributed by atoms with Crippen molar-refractivity contribution in [2.24, 2.45) is 5.92 Å². The molecule has 1 heterocycles. The summed E-state index contributed by atoms with van der Waals surface area (Å²) in [4.78, 5) is 2.17. The van der Waals surface area contributed by atoms with Gasteiger partial charge in [0.2, 0.25) is 0 Å². The van der Waals surface area contributed by atoms with Crippen LogP contribution in [0.1, 0.15) is 25.0 Å². The molecule has 0 radical (unpaired) electrons. The molecule has 0 saturated carbocycles. The second-order valence-corrected chi connectivity index (χ2v) is 6.99. The fourth-order valence-corrected chi connectivity index (χ4v) is 3.49. The van der Waals surface area contributed by atoms with E-state index < -0.39 is 0 Å². The molecule has 144 valence electrons. The van der Waals surface area contributed by atoms with Crippen molar-refractivity contribution in [3.8, 4) is 11.5 Å². The Morgan fingerprint density at radius 1 is 1.26 bits per heavy atom. The Balaban J connectivity index is 1.74. The Morgan fingerprint density at radius 2 is 2.15 bits per heavy atom. The molecule has 1 aliphatic carbocycles. The minimum Gasteiger partial charge on any atom is -0.497 e. The third kappa shape index (κ3) is 5.26. The maximum absolute atomic E-state index is 5.74. The van der Waals surface area contributed by atoms with E-state index >= 15 is 0 Å². The van der Waals surface area contributed by atoms with Crippen LogP contribution in [-0.4, -0.2) is 30.8 Å². The van der Waals surface area contributed by atoms with Crippen molar-refractivity contribution in [2.45, 2.75) is 25.8 Å². The monoisotopic (exact) mass is 386 g/mol. The summed E-state index contributed by atoms with van der Waals surface area (Å²) in [6.07, 6.45) is 9.61. The van der Waals surface area contributed by atoms with Gasteiger partial charge < -0.3 is 24.1 Å². The molecule has 0 spiro atoms. The average molecular weight is 387 g/mol. The van der Waals surface area contributed by atoms with E-state index in [1.54, 1.807) is 20.5 Å². The Bertz CT molecular complexity index is 774. The number of hydrogen-bond acceptors (Lipinski definition) is 4. The summed E-state index contributed by atoms with van der Waals surface area (Å²) in [6.45, 7) is 1.52. The molecule has 3 rings (SSSR count). The maximum atomic E-state index is 5.74. The Hall–Kier alpha value is -2.47. The van der Waals surface area contributed by atoms with Gasteiger partial charge in [-0.15, -0.1) is 0 Å². The summed E-state index contributed by atoms with van der Waals surface area (Å²) in [5.41, 5.74) is 0.816. The fraction of sp³-hybridized carbons (Fsp3) is 0.381. The van der Waals surface area contributed by atoms with Crippen molar-refractivity contribution >= 4 is 23.0 Å². The number of benzene rings is 1. The molecule has 1 aromatic carbocycles. The maximum Gasteiger partial charge on any atom is 0.173 e. The highest BCUT2D eigenvalue weighted by Gasteiger charge is 2.19. The molecule has 0 aliphatic heterocycles. The SMILES string of the molecule is COc1ccc(NC(=S)N(Cc2ccco2)CC2CC=CCC2)c(OC)c1. The van der Waals surface area contributed by atoms with Crippen LogP contribution in [0.3, 0.4) is 0 Å². The number of methoxy groups -OCH3 is 2. The summed E-state index contributed by atoms with van der Waals surface area (Å²) >= 11 is 5.74. The molecule has 1 aliphatic rings. The van der Waals surface area contributed by atoms with E-state index in [1.807, 2.05) is 30.3 Å². The molecule has 0 saturated heterocycles. The van der Waals surface area contributed by atoms with Crippen molar-refractivity contribution in [1.82, 2.24) is 4.90 Å². The number of hydrogen-bond donors (Lipinski definition) is 1. The molecular weight excluding hydrogens is 360 g/mol. The van der Waals surface area contributed by atoms with Crippen molar-refractivity contribution in [3.05, 3.63) is 54.5 Å². The average Bonchev–Trinajstić information content (AvgIpc) is 3.21. The summed E-state index contributed by atoms with van der Waals surface area (Å²) in [5.74, 6) is 2.91. The quantitative estimate of drug-likeness (QED) is 0.542. The van der Waals surface area contributed by atoms with Crippen molar-refractivity contribution < 1.29 is 13.9 Å². The number of rotatable bonds is 7. The van der Waals surface area contributed by atoms with Crippen LogP contribution in [0.5, 0.6) is 11.5 Å². The molecule has 5 nitrogen and oxygen atoms in total. The van der Waals surface area contributed by atoms with Crippen LogP contribution in [0.4, 0.5) is 5.69 Å². The normalized spacial score (nSPS) is 16.0. The standard InChI is InChI=1S/C21H26N2O3S/c1-24-17-10-11-19(20(13-17)25-2)22-21(27)23(15-18-9-6-12-26-18)14-16-7-4-3-5-8-16/h3-4,6,9-13,16H,5,7-8,14-15H2,1-2H3,(H,22,27). The molecule has 1 unspecified atom stereocenters. The lowest BCUT2D eigenvalue weighted by Gasteiger charge is -2.30. The van der Waals surface area contributed by atoms with Gasteiger partial charge in [0.15, 0.2) is 5.11 Å². The topological polar surface area (TPSA) is 46.9 Å². The first kappa shape index (κ1) is 19.3. The third-order valence-electron chi connectivity index (χ3n) is 4.72. The minimum atomic E-state index is 0.586. The lowest BCUT2D eigenvalue weighted by molar-refractivity contribution is 0.298. The zero-order valence-electron chi connectivity index (χ0n) is 15.8. The highest BCUT2D eigenvalue weighted by atomic mass is 32.1. The van der Waals surface area contributed by atoms with Gasteiger partial charge in [0.25, 0.3) is 0 Å². The Labute approximate surface area is 165 Å². The van der Waals surface area contributed by atoms with E-state index in [9.17, 15) is 0 Å². The molecule has 1 atom stereocenters. The molecule has 6 heteroatoms. The fourth-order valence-electron chi connectivity index (χ4n) is 3.24. The van der Waals surface area contributed by atoms with Crippen LogP contribution in [0.25, 0.3) is 0 Å². The summed E-state index contributed by atoms with van der Waals surface area (Å²) in [7, 11) is 3.27. The van der Waals surface area contributed by atoms with E-state index in [1.165, 1.54) is 6.42 Å². The zero-order chi connectivity index (χ0) is 19.1. The van der Waals surface area contributed by atoms with E-state index in [0.717, 1.165) is 36.6 Å². The van der Waals surface area contributed by atoms with Crippen molar-refractivity contribution in [1.29, 1.82) is 0 Å². The van der Waals surface area contributed by atoms with Gasteiger partial charge in [-0.2, -0.15) is 0 Å². The van der Waals surface area contributed by atoms with Crippen LogP contribution in [0.2, 0.25) is 0 Å². The molecule has 1 aromatic heterocycles. The van der Waals surface area contributed by atoms with Crippen LogP contribution >= 0.6 is 12.2 Å². The summed E-state index contributed by atoms with van der Waals surface area (Å²) in [6, 6.07) is 9.52. The number of furan rings is 1. The van der Waals surface area contributed by atoms with Crippen LogP contribution in [0.15, 0.2) is 53.2 Å². The molecular formula is C21H26N2O3S. The Kier molecular flexibility index (Phi) is 6.76. The van der Waals surface area contributed by atoms with Gasteiger partial charge in [-0.3, -0.25) is 0 Å². The number of allylic oxidation sites excluding steroid dienone is 2. The van der Waals surface area contributed by atoms with Gasteiger partial charge in [-0.05, 0) is 61.7 Å². The lowest BCUT2D eigenvalue weighted by Crippen LogP contribution is -2.38. The zero-order valence-corrected chi connectivity index (χ0v) is 16.6. The van der Waals surface area contributed by atoms with Crippen LogP contribution in [-0.2, 0) is 6.54 Å². The van der Waals surface area contributed by atoms with Crippen molar-refractivity contribution in [2.75, 3.05) is 26.1 Å². The van der Waals surface area contributed by atoms with Crippen molar-refractivity contribution in [3.63, 3.8) is 0 Å². The summed E-state index contributed by atoms with van der Waals surface area (Å²) < 4.78 is 16.3. The van der Waals surface area contributed by atoms with Gasteiger partial charge in [0.1, 0.15) is 17.3 Å². The second kappa shape index (κ2) is 9.46. The first-order chi connectivity index (χ1) is 13.2. The molecule has 0 fully saturated rings. The Morgan fingerprint density at radius 3 is 2.81 bits per heavy atom. The van der Waals surface area contributed by atoms with Crippen LogP contribution < -0.4 is 14.8 Å². The molecule has 0 amide bonds. The molecule has 2 aromatic rings. The van der Waals surface area contributed by atoms with E-state index in [2.05, 4.69) is 22.4 Å². The molecule has 27 heavy (non-hydrogen) atoms. The first-order valence-electron chi connectivity index (χ1n) is 9.15. The second-order valence-electron chi connectivity index (χ2n) is 6.61. The minimum absolute atomic E-state index is 0.586. The predicted octanol–water partition coefficient (Wildman–Crippen LogP) is 4.85. The van der Waals surface area contributed by atoms with Gasteiger partial charge in [0.05, 0.1) is 32.7 Å². The van der Waals surface area contributed by atoms with Gasteiger partial charge >= 0.3 is 0 Å². The predicted molar refractivity (Wildman–Crippen MR) is 111 cm³/mol. The number of nitrogens with one attached hydrogen (secondary N) is 1. The van der Waals surface area contributed by atoms with E-state index in [4.69, 9.17) is 26.1 Å². The lowest BCUT2D eigenvalue weighted by atomic mass is 9.94. The number of nitrogens with zero attached hydrogens (tertiary/aromatic N) is 1. The molecule has 1 N–H and O–H groups in total. The van der Waals surface area contributed by atoms with Crippen LogP contribution in [0, 0.1) is 5.92 Å². The third-order valence-corrected chi connectivity index (χ3v) is 5.08. The van der Waals surface area contributed by atoms with Gasteiger partial charge in [-0.1, -0.05) is 12.2 Å². The van der Waals surface area contributed by atoms with E-state index in [0.29, 0.717) is 23.3 Å². The smallest absolute Gasteiger partial charge is 0.173 e. The highest BCUT2D eigenvalue weighted by Crippen LogP contribution is 2.30. The van der Waals surface area contributed by atoms with E-state index in [-0.39, 0.29) is 0 Å². The number of anilines is 1. The largest absolute Gasteiger partial charge is 0.497 e.